The third-order valence-electron chi connectivity index (χ3n) is 5.66. The van der Waals surface area contributed by atoms with Crippen molar-refractivity contribution < 1.29 is 9.59 Å². The lowest BCUT2D eigenvalue weighted by Crippen LogP contribution is -2.23. The molecular weight excluding hydrogens is 478 g/mol. The van der Waals surface area contributed by atoms with Crippen molar-refractivity contribution in [2.45, 2.75) is 25.3 Å². The molecule has 0 radical (unpaired) electrons. The number of hydrogen-bond donors (Lipinski definition) is 2. The van der Waals surface area contributed by atoms with Crippen molar-refractivity contribution in [3.8, 4) is 0 Å². The van der Waals surface area contributed by atoms with Crippen LogP contribution >= 0.6 is 11.3 Å². The number of rotatable bonds is 8. The molecule has 0 aliphatic carbocycles. The summed E-state index contributed by atoms with van der Waals surface area (Å²) in [5.74, 6) is 0.103. The Kier molecular flexibility index (Phi) is 7.12. The summed E-state index contributed by atoms with van der Waals surface area (Å²) in [4.78, 5) is 35.1. The van der Waals surface area contributed by atoms with Crippen molar-refractivity contribution in [3.63, 3.8) is 0 Å². The highest BCUT2D eigenvalue weighted by Crippen LogP contribution is 2.31. The molecule has 1 atom stereocenters. The van der Waals surface area contributed by atoms with Gasteiger partial charge in [0.1, 0.15) is 0 Å². The number of amides is 2. The van der Waals surface area contributed by atoms with Gasteiger partial charge in [0.25, 0.3) is 5.91 Å². The van der Waals surface area contributed by atoms with Crippen LogP contribution in [-0.2, 0) is 17.8 Å². The molecule has 36 heavy (non-hydrogen) atoms. The Morgan fingerprint density at radius 1 is 0.944 bits per heavy atom. The van der Waals surface area contributed by atoms with Gasteiger partial charge in [0.05, 0.1) is 24.4 Å². The molecular formula is C24H23N9O2S. The summed E-state index contributed by atoms with van der Waals surface area (Å²) in [6.07, 6.45) is 4.39. The second-order valence-corrected chi connectivity index (χ2v) is 9.17. The molecule has 0 saturated carbocycles. The molecule has 11 nitrogen and oxygen atoms in total. The van der Waals surface area contributed by atoms with Crippen LogP contribution in [-0.4, -0.2) is 55.3 Å². The Labute approximate surface area is 211 Å². The summed E-state index contributed by atoms with van der Waals surface area (Å²) < 4.78 is 0. The van der Waals surface area contributed by atoms with Crippen LogP contribution in [0.1, 0.15) is 39.2 Å². The number of aromatic nitrogens is 6. The smallest absolute Gasteiger partial charge is 0.282 e. The first-order chi connectivity index (χ1) is 17.6. The quantitative estimate of drug-likeness (QED) is 0.372. The van der Waals surface area contributed by atoms with Crippen LogP contribution in [0.3, 0.4) is 0 Å². The van der Waals surface area contributed by atoms with Gasteiger partial charge in [-0.1, -0.05) is 23.5 Å². The average molecular weight is 502 g/mol. The van der Waals surface area contributed by atoms with Crippen molar-refractivity contribution in [3.05, 3.63) is 83.0 Å². The van der Waals surface area contributed by atoms with Gasteiger partial charge in [0.2, 0.25) is 16.0 Å². The second kappa shape index (κ2) is 11.0. The van der Waals surface area contributed by atoms with Crippen molar-refractivity contribution >= 4 is 34.1 Å². The topological polar surface area (TPSA) is 139 Å². The van der Waals surface area contributed by atoms with E-state index in [4.69, 9.17) is 0 Å². The highest BCUT2D eigenvalue weighted by molar-refractivity contribution is 7.17. The maximum atomic E-state index is 12.4. The number of pyridine rings is 2. The van der Waals surface area contributed by atoms with Gasteiger partial charge < -0.3 is 15.5 Å². The number of carbonyl (C=O) groups excluding carboxylic acids is 2. The number of hydrogen-bond acceptors (Lipinski definition) is 10. The molecule has 2 amide bonds. The minimum absolute atomic E-state index is 0.168. The molecule has 1 aliphatic rings. The van der Waals surface area contributed by atoms with E-state index in [1.54, 1.807) is 24.5 Å². The highest BCUT2D eigenvalue weighted by atomic mass is 32.1. The zero-order chi connectivity index (χ0) is 24.7. The predicted molar refractivity (Wildman–Crippen MR) is 133 cm³/mol. The van der Waals surface area contributed by atoms with Gasteiger partial charge in [-0.3, -0.25) is 19.6 Å². The molecule has 2 N–H and O–H groups in total. The summed E-state index contributed by atoms with van der Waals surface area (Å²) >= 11 is 1.26. The molecule has 1 fully saturated rings. The number of nitrogens with one attached hydrogen (secondary N) is 2. The fraction of sp³-hybridized carbons (Fsp3) is 0.250. The molecule has 4 aromatic rings. The zero-order valence-electron chi connectivity index (χ0n) is 19.2. The van der Waals surface area contributed by atoms with E-state index in [-0.39, 0.29) is 24.2 Å². The molecule has 0 aromatic carbocycles. The van der Waals surface area contributed by atoms with E-state index < -0.39 is 0 Å². The third-order valence-corrected chi connectivity index (χ3v) is 6.65. The van der Waals surface area contributed by atoms with Crippen molar-refractivity contribution in [1.82, 2.24) is 35.7 Å². The predicted octanol–water partition coefficient (Wildman–Crippen LogP) is 2.22. The van der Waals surface area contributed by atoms with Gasteiger partial charge >= 0.3 is 0 Å². The molecule has 182 valence electrons. The third kappa shape index (κ3) is 5.84. The van der Waals surface area contributed by atoms with Gasteiger partial charge in [-0.05, 0) is 42.8 Å². The van der Waals surface area contributed by atoms with Crippen molar-refractivity contribution in [2.24, 2.45) is 0 Å². The summed E-state index contributed by atoms with van der Waals surface area (Å²) in [6.45, 7) is 1.81. The van der Waals surface area contributed by atoms with E-state index >= 15 is 0 Å². The number of nitrogens with zero attached hydrogens (tertiary/aromatic N) is 7. The monoisotopic (exact) mass is 501 g/mol. The van der Waals surface area contributed by atoms with Gasteiger partial charge in [-0.15, -0.1) is 15.3 Å². The van der Waals surface area contributed by atoms with E-state index in [1.807, 2.05) is 36.4 Å². The van der Waals surface area contributed by atoms with E-state index in [0.717, 1.165) is 24.4 Å². The summed E-state index contributed by atoms with van der Waals surface area (Å²) in [7, 11) is 0. The fourth-order valence-electron chi connectivity index (χ4n) is 3.84. The maximum absolute atomic E-state index is 12.4. The summed E-state index contributed by atoms with van der Waals surface area (Å²) in [6, 6.07) is 14.6. The first-order valence-electron chi connectivity index (χ1n) is 11.4. The van der Waals surface area contributed by atoms with Gasteiger partial charge in [-0.2, -0.15) is 5.10 Å². The lowest BCUT2D eigenvalue weighted by Gasteiger charge is -2.13. The van der Waals surface area contributed by atoms with Crippen molar-refractivity contribution in [1.29, 1.82) is 0 Å². The molecule has 0 spiro atoms. The first-order valence-corrected chi connectivity index (χ1v) is 12.3. The lowest BCUT2D eigenvalue weighted by molar-refractivity contribution is -0.115. The molecule has 1 aliphatic heterocycles. The Morgan fingerprint density at radius 2 is 1.75 bits per heavy atom. The Morgan fingerprint density at radius 3 is 2.47 bits per heavy atom. The molecule has 5 rings (SSSR count). The normalized spacial score (nSPS) is 15.0. The first kappa shape index (κ1) is 23.4. The van der Waals surface area contributed by atoms with Crippen LogP contribution in [0.2, 0.25) is 0 Å². The van der Waals surface area contributed by atoms with Gasteiger partial charge in [-0.25, -0.2) is 0 Å². The van der Waals surface area contributed by atoms with Crippen LogP contribution in [0.5, 0.6) is 0 Å². The van der Waals surface area contributed by atoms with Crippen LogP contribution in [0, 0.1) is 0 Å². The van der Waals surface area contributed by atoms with Crippen molar-refractivity contribution in [2.75, 3.05) is 23.3 Å². The minimum Gasteiger partial charge on any atom is -0.346 e. The Balaban J connectivity index is 1.13. The minimum atomic E-state index is -0.272. The SMILES string of the molecule is O=C(Cc1ccccn1)Nc1ccc([C@@H]2CCN(c3nnc(C(=O)NCc4ccccn4)s3)C2)nn1. The molecule has 5 heterocycles. The summed E-state index contributed by atoms with van der Waals surface area (Å²) in [5, 5.41) is 23.4. The van der Waals surface area contributed by atoms with Crippen LogP contribution < -0.4 is 15.5 Å². The van der Waals surface area contributed by atoms with E-state index in [0.29, 0.717) is 34.7 Å². The molecule has 1 saturated heterocycles. The molecule has 0 bridgehead atoms. The zero-order valence-corrected chi connectivity index (χ0v) is 20.1. The molecule has 4 aromatic heterocycles. The van der Waals surface area contributed by atoms with Crippen LogP contribution in [0.15, 0.2) is 60.9 Å². The summed E-state index contributed by atoms with van der Waals surface area (Å²) in [5.41, 5.74) is 2.31. The van der Waals surface area contributed by atoms with E-state index in [9.17, 15) is 9.59 Å². The fourth-order valence-corrected chi connectivity index (χ4v) is 4.64. The Bertz CT molecular complexity index is 1320. The van der Waals surface area contributed by atoms with Crippen LogP contribution in [0.25, 0.3) is 0 Å². The Hall–Kier alpha value is -4.32. The average Bonchev–Trinajstić information content (AvgIpc) is 3.59. The van der Waals surface area contributed by atoms with E-state index in [1.165, 1.54) is 11.3 Å². The van der Waals surface area contributed by atoms with Gasteiger partial charge in [0.15, 0.2) is 5.82 Å². The lowest BCUT2D eigenvalue weighted by atomic mass is 10.1. The van der Waals surface area contributed by atoms with Crippen LogP contribution in [0.4, 0.5) is 10.9 Å². The standard InChI is InChI=1S/C24H23N9O2S/c34-21(13-17-5-1-3-10-25-17)28-20-8-7-19(29-30-20)16-9-12-33(15-16)24-32-31-23(36-24)22(35)27-14-18-6-2-4-11-26-18/h1-8,10-11,16H,9,12-15H2,(H,27,35)(H,28,30,34)/t16-/m1/s1. The number of carbonyl (C=O) groups is 2. The van der Waals surface area contributed by atoms with Gasteiger partial charge in [0, 0.05) is 37.1 Å². The molecule has 0 unspecified atom stereocenters. The second-order valence-electron chi connectivity index (χ2n) is 8.21. The van der Waals surface area contributed by atoms with E-state index in [2.05, 4.69) is 45.9 Å². The number of anilines is 2. The largest absolute Gasteiger partial charge is 0.346 e. The highest BCUT2D eigenvalue weighted by Gasteiger charge is 2.28. The maximum Gasteiger partial charge on any atom is 0.282 e. The molecule has 12 heteroatoms.